The summed E-state index contributed by atoms with van der Waals surface area (Å²) in [5.74, 6) is -1.00. The van der Waals surface area contributed by atoms with E-state index in [1.807, 2.05) is 0 Å². The van der Waals surface area contributed by atoms with Gasteiger partial charge in [0.1, 0.15) is 18.0 Å². The monoisotopic (exact) mass is 656 g/mol. The predicted molar refractivity (Wildman–Crippen MR) is 169 cm³/mol. The van der Waals surface area contributed by atoms with Crippen LogP contribution in [-0.4, -0.2) is 60.2 Å². The summed E-state index contributed by atoms with van der Waals surface area (Å²) in [4.78, 5) is 50.3. The fourth-order valence-electron chi connectivity index (χ4n) is 4.99. The van der Waals surface area contributed by atoms with Crippen LogP contribution in [0.5, 0.6) is 0 Å². The Hall–Kier alpha value is -5.96. The average Bonchev–Trinajstić information content (AvgIpc) is 3.77. The minimum atomic E-state index is -0.716. The number of anilines is 2. The molecule has 5 aromatic rings. The van der Waals surface area contributed by atoms with Crippen molar-refractivity contribution < 1.29 is 23.5 Å². The maximum Gasteiger partial charge on any atom is 0.411 e. The number of hydrogen-bond donors (Lipinski definition) is 4. The number of nitrogens with zero attached hydrogens (tertiary/aromatic N) is 6. The number of carbonyl (C=O) groups excluding carboxylic acids is 3. The molecule has 1 aliphatic heterocycles. The standard InChI is InChI=1S/C31H26ClFN10O4/c1-47-31(46)37-20-4-6-21-24(13-20)38-29(45)11-8-23-22(33)7-5-19(36-23)14-25(30-34-15-26(21)40-30)39-28(44)10-2-17-12-18(32)3-9-27(17)43-16-35-41-42-43/h2-7,9-10,12-13,15-16,25H,8,11,14H2,1H3,(H,34,40)(H,37,46)(H,38,45)(H,39,44)/b10-2+/t25-/m0/s1. The first kappa shape index (κ1) is 31.0. The lowest BCUT2D eigenvalue weighted by Crippen LogP contribution is -2.29. The number of aromatic nitrogens is 7. The zero-order valence-corrected chi connectivity index (χ0v) is 25.5. The van der Waals surface area contributed by atoms with Crippen LogP contribution in [0, 0.1) is 5.82 Å². The van der Waals surface area contributed by atoms with Gasteiger partial charge in [-0.25, -0.2) is 14.2 Å². The third-order valence-corrected chi connectivity index (χ3v) is 7.47. The number of pyridine rings is 1. The predicted octanol–water partition coefficient (Wildman–Crippen LogP) is 4.42. The number of aromatic amines is 1. The second kappa shape index (κ2) is 13.6. The molecule has 0 unspecified atom stereocenters. The molecule has 16 heteroatoms. The molecule has 0 saturated carbocycles. The number of benzene rings is 2. The van der Waals surface area contributed by atoms with E-state index < -0.39 is 23.9 Å². The molecule has 4 N–H and O–H groups in total. The van der Waals surface area contributed by atoms with E-state index >= 15 is 0 Å². The highest BCUT2D eigenvalue weighted by Gasteiger charge is 2.22. The smallest absolute Gasteiger partial charge is 0.411 e. The Kier molecular flexibility index (Phi) is 8.97. The number of halogens is 2. The van der Waals surface area contributed by atoms with Crippen molar-refractivity contribution >= 4 is 47.0 Å². The first-order valence-electron chi connectivity index (χ1n) is 14.3. The molecular formula is C31H26ClFN10O4. The average molecular weight is 657 g/mol. The number of imidazole rings is 1. The number of rotatable bonds is 5. The van der Waals surface area contributed by atoms with Crippen molar-refractivity contribution in [1.82, 2.24) is 40.5 Å². The summed E-state index contributed by atoms with van der Waals surface area (Å²) in [6.45, 7) is 0. The zero-order chi connectivity index (χ0) is 32.9. The summed E-state index contributed by atoms with van der Waals surface area (Å²) < 4.78 is 20.9. The number of nitrogens with one attached hydrogen (secondary N) is 4. The van der Waals surface area contributed by atoms with Crippen molar-refractivity contribution in [3.63, 3.8) is 0 Å². The van der Waals surface area contributed by atoms with E-state index in [0.29, 0.717) is 50.4 Å². The minimum Gasteiger partial charge on any atom is -0.453 e. The Labute approximate surface area is 271 Å². The number of amides is 3. The van der Waals surface area contributed by atoms with Crippen molar-refractivity contribution in [2.24, 2.45) is 0 Å². The van der Waals surface area contributed by atoms with Crippen molar-refractivity contribution in [3.05, 3.63) is 101 Å². The highest BCUT2D eigenvalue weighted by Crippen LogP contribution is 2.32. The van der Waals surface area contributed by atoms with Gasteiger partial charge in [0, 0.05) is 52.9 Å². The lowest BCUT2D eigenvalue weighted by molar-refractivity contribution is -0.117. The van der Waals surface area contributed by atoms with Crippen molar-refractivity contribution in [3.8, 4) is 16.9 Å². The number of ether oxygens (including phenoxy) is 1. The molecule has 2 aromatic carbocycles. The summed E-state index contributed by atoms with van der Waals surface area (Å²) in [6.07, 6.45) is 5.37. The van der Waals surface area contributed by atoms with Crippen LogP contribution in [0.25, 0.3) is 23.0 Å². The van der Waals surface area contributed by atoms with Crippen molar-refractivity contribution in [2.75, 3.05) is 17.7 Å². The van der Waals surface area contributed by atoms with Crippen LogP contribution in [0.4, 0.5) is 20.6 Å². The summed E-state index contributed by atoms with van der Waals surface area (Å²) in [7, 11) is 1.24. The van der Waals surface area contributed by atoms with Gasteiger partial charge in [-0.05, 0) is 65.0 Å². The normalized spacial score (nSPS) is 14.5. The lowest BCUT2D eigenvalue weighted by atomic mass is 10.1. The Morgan fingerprint density at radius 2 is 2.02 bits per heavy atom. The van der Waals surface area contributed by atoms with Crippen LogP contribution < -0.4 is 16.0 Å². The van der Waals surface area contributed by atoms with Crippen LogP contribution in [0.2, 0.25) is 5.02 Å². The minimum absolute atomic E-state index is 0.0336. The molecule has 0 spiro atoms. The molecule has 3 amide bonds. The Bertz CT molecular complexity index is 2000. The molecule has 1 aliphatic rings. The molecule has 0 fully saturated rings. The fraction of sp³-hybridized carbons (Fsp3) is 0.161. The number of fused-ring (bicyclic) bond motifs is 6. The van der Waals surface area contributed by atoms with Gasteiger partial charge in [0.25, 0.3) is 0 Å². The van der Waals surface area contributed by atoms with E-state index in [1.165, 1.54) is 36.3 Å². The molecule has 4 heterocycles. The van der Waals surface area contributed by atoms with Crippen LogP contribution in [0.1, 0.15) is 35.2 Å². The van der Waals surface area contributed by atoms with E-state index in [0.717, 1.165) is 0 Å². The number of methoxy groups -OCH3 is 1. The van der Waals surface area contributed by atoms with Crippen LogP contribution in [0.15, 0.2) is 67.1 Å². The van der Waals surface area contributed by atoms with Crippen LogP contribution in [0.3, 0.4) is 0 Å². The second-order valence-corrected chi connectivity index (χ2v) is 10.8. The van der Waals surface area contributed by atoms with E-state index in [1.54, 1.807) is 48.7 Å². The second-order valence-electron chi connectivity index (χ2n) is 10.4. The molecular weight excluding hydrogens is 631 g/mol. The molecule has 0 radical (unpaired) electrons. The highest BCUT2D eigenvalue weighted by molar-refractivity contribution is 6.30. The van der Waals surface area contributed by atoms with Crippen molar-refractivity contribution in [1.29, 1.82) is 0 Å². The van der Waals surface area contributed by atoms with Gasteiger partial charge < -0.3 is 20.4 Å². The van der Waals surface area contributed by atoms with Gasteiger partial charge in [-0.1, -0.05) is 11.6 Å². The van der Waals surface area contributed by atoms with Gasteiger partial charge in [0.2, 0.25) is 11.8 Å². The number of hydrogen-bond acceptors (Lipinski definition) is 9. The van der Waals surface area contributed by atoms with Gasteiger partial charge >= 0.3 is 6.09 Å². The summed E-state index contributed by atoms with van der Waals surface area (Å²) in [6, 6.07) is 12.1. The Morgan fingerprint density at radius 1 is 1.15 bits per heavy atom. The van der Waals surface area contributed by atoms with Gasteiger partial charge in [-0.3, -0.25) is 19.9 Å². The van der Waals surface area contributed by atoms with Gasteiger partial charge in [-0.15, -0.1) is 5.10 Å². The van der Waals surface area contributed by atoms with Gasteiger partial charge in [-0.2, -0.15) is 4.68 Å². The molecule has 0 saturated heterocycles. The molecule has 0 aliphatic carbocycles. The molecule has 3 aromatic heterocycles. The quantitative estimate of drug-likeness (QED) is 0.199. The zero-order valence-electron chi connectivity index (χ0n) is 24.7. The van der Waals surface area contributed by atoms with E-state index in [4.69, 9.17) is 11.6 Å². The molecule has 14 nitrogen and oxygen atoms in total. The van der Waals surface area contributed by atoms with E-state index in [9.17, 15) is 18.8 Å². The van der Waals surface area contributed by atoms with Gasteiger partial charge in [0.15, 0.2) is 0 Å². The Balaban J connectivity index is 1.34. The fourth-order valence-corrected chi connectivity index (χ4v) is 5.17. The molecule has 4 bridgehead atoms. The highest BCUT2D eigenvalue weighted by atomic mass is 35.5. The number of H-pyrrole nitrogens is 1. The third-order valence-electron chi connectivity index (χ3n) is 7.24. The van der Waals surface area contributed by atoms with Crippen molar-refractivity contribution in [2.45, 2.75) is 25.3 Å². The molecule has 238 valence electrons. The summed E-state index contributed by atoms with van der Waals surface area (Å²) in [5.41, 5.74) is 3.63. The maximum absolute atomic E-state index is 14.7. The van der Waals surface area contributed by atoms with E-state index in [2.05, 4.69) is 51.2 Å². The number of carbonyl (C=O) groups is 3. The SMILES string of the molecule is COC(=O)Nc1ccc2c(c1)NC(=O)CCc1nc(ccc1F)C[C@H](NC(=O)/C=C/c1cc(Cl)ccc1-n1cnnn1)c1ncc-2[nH]1. The number of aryl methyl sites for hydroxylation is 1. The Morgan fingerprint density at radius 3 is 2.83 bits per heavy atom. The van der Waals surface area contributed by atoms with Gasteiger partial charge in [0.05, 0.1) is 42.1 Å². The maximum atomic E-state index is 14.7. The molecule has 6 rings (SSSR count). The molecule has 1 atom stereocenters. The first-order chi connectivity index (χ1) is 22.7. The van der Waals surface area contributed by atoms with Crippen LogP contribution in [-0.2, 0) is 27.2 Å². The van der Waals surface area contributed by atoms with Crippen LogP contribution >= 0.6 is 11.6 Å². The topological polar surface area (TPSA) is 182 Å². The first-order valence-corrected chi connectivity index (χ1v) is 14.6. The summed E-state index contributed by atoms with van der Waals surface area (Å²) in [5, 5.41) is 20.1. The number of tetrazole rings is 1. The largest absolute Gasteiger partial charge is 0.453 e. The summed E-state index contributed by atoms with van der Waals surface area (Å²) >= 11 is 6.22. The third kappa shape index (κ3) is 7.31. The lowest BCUT2D eigenvalue weighted by Gasteiger charge is -2.17. The van der Waals surface area contributed by atoms with E-state index in [-0.39, 0.29) is 30.9 Å². The molecule has 47 heavy (non-hydrogen) atoms.